The van der Waals surface area contributed by atoms with E-state index in [0.29, 0.717) is 22.4 Å². The summed E-state index contributed by atoms with van der Waals surface area (Å²) >= 11 is 0. The first kappa shape index (κ1) is 9.72. The standard InChI is InChI=1S/C13H7NO3/c15-12-9-2-1-5-14-11(9)8-4-3-7(13(16)17)6-10(8)12/h1-6H,(H,16,17). The number of pyridine rings is 1. The van der Waals surface area contributed by atoms with E-state index in [-0.39, 0.29) is 11.3 Å². The lowest BCUT2D eigenvalue weighted by Gasteiger charge is -1.99. The minimum absolute atomic E-state index is 0.116. The van der Waals surface area contributed by atoms with Gasteiger partial charge in [-0.25, -0.2) is 4.79 Å². The number of hydrogen-bond donors (Lipinski definition) is 1. The number of ketones is 1. The molecule has 82 valence electrons. The number of hydrogen-bond acceptors (Lipinski definition) is 3. The van der Waals surface area contributed by atoms with Crippen molar-refractivity contribution in [2.45, 2.75) is 0 Å². The molecule has 1 aliphatic carbocycles. The van der Waals surface area contributed by atoms with Gasteiger partial charge in [0.1, 0.15) is 0 Å². The molecule has 0 atom stereocenters. The van der Waals surface area contributed by atoms with Crippen molar-refractivity contribution in [3.63, 3.8) is 0 Å². The van der Waals surface area contributed by atoms with Crippen molar-refractivity contribution in [1.29, 1.82) is 0 Å². The van der Waals surface area contributed by atoms with Crippen molar-refractivity contribution < 1.29 is 14.7 Å². The Morgan fingerprint density at radius 2 is 1.94 bits per heavy atom. The third-order valence-corrected chi connectivity index (χ3v) is 2.82. The van der Waals surface area contributed by atoms with Crippen LogP contribution in [0.5, 0.6) is 0 Å². The second-order valence-corrected chi connectivity index (χ2v) is 3.79. The summed E-state index contributed by atoms with van der Waals surface area (Å²) in [4.78, 5) is 27.0. The van der Waals surface area contributed by atoms with Crippen molar-refractivity contribution in [2.75, 3.05) is 0 Å². The highest BCUT2D eigenvalue weighted by molar-refractivity contribution is 6.21. The van der Waals surface area contributed by atoms with Crippen LogP contribution in [0.25, 0.3) is 11.3 Å². The van der Waals surface area contributed by atoms with Gasteiger partial charge in [-0.15, -0.1) is 0 Å². The summed E-state index contributed by atoms with van der Waals surface area (Å²) in [5, 5.41) is 8.89. The first-order valence-electron chi connectivity index (χ1n) is 5.06. The molecule has 0 spiro atoms. The topological polar surface area (TPSA) is 67.3 Å². The molecule has 0 unspecified atom stereocenters. The number of aromatic carboxylic acids is 1. The van der Waals surface area contributed by atoms with Crippen LogP contribution in [0.3, 0.4) is 0 Å². The van der Waals surface area contributed by atoms with Gasteiger partial charge in [0, 0.05) is 22.9 Å². The predicted molar refractivity (Wildman–Crippen MR) is 60.1 cm³/mol. The molecular formula is C13H7NO3. The van der Waals surface area contributed by atoms with Crippen LogP contribution in [0.2, 0.25) is 0 Å². The number of aromatic nitrogens is 1. The molecule has 4 nitrogen and oxygen atoms in total. The lowest BCUT2D eigenvalue weighted by atomic mass is 10.1. The molecule has 0 aliphatic heterocycles. The van der Waals surface area contributed by atoms with Gasteiger partial charge >= 0.3 is 5.97 Å². The SMILES string of the molecule is O=C(O)c1ccc2c(c1)C(=O)c1cccnc1-2. The van der Waals surface area contributed by atoms with Crippen LogP contribution in [0.4, 0.5) is 0 Å². The third-order valence-electron chi connectivity index (χ3n) is 2.82. The fraction of sp³-hybridized carbons (Fsp3) is 0. The Bertz CT molecular complexity index is 661. The largest absolute Gasteiger partial charge is 0.478 e. The Morgan fingerprint density at radius 3 is 2.71 bits per heavy atom. The molecule has 1 aromatic heterocycles. The maximum atomic E-state index is 12.0. The summed E-state index contributed by atoms with van der Waals surface area (Å²) in [7, 11) is 0. The Labute approximate surface area is 96.5 Å². The molecule has 0 saturated carbocycles. The average molecular weight is 225 g/mol. The zero-order chi connectivity index (χ0) is 12.0. The van der Waals surface area contributed by atoms with Crippen LogP contribution < -0.4 is 0 Å². The first-order valence-corrected chi connectivity index (χ1v) is 5.06. The molecule has 3 rings (SSSR count). The molecule has 0 fully saturated rings. The number of nitrogens with zero attached hydrogens (tertiary/aromatic N) is 1. The van der Waals surface area contributed by atoms with Crippen LogP contribution in [-0.4, -0.2) is 21.8 Å². The van der Waals surface area contributed by atoms with Gasteiger partial charge in [-0.1, -0.05) is 6.07 Å². The van der Waals surface area contributed by atoms with E-state index in [1.807, 2.05) is 0 Å². The fourth-order valence-electron chi connectivity index (χ4n) is 2.02. The number of carbonyl (C=O) groups is 2. The predicted octanol–water partition coefficient (Wildman–Crippen LogP) is 1.99. The second kappa shape index (κ2) is 3.25. The summed E-state index contributed by atoms with van der Waals surface area (Å²) < 4.78 is 0. The molecule has 2 aromatic rings. The summed E-state index contributed by atoms with van der Waals surface area (Å²) in [5.41, 5.74) is 2.40. The number of benzene rings is 1. The van der Waals surface area contributed by atoms with Gasteiger partial charge < -0.3 is 5.11 Å². The zero-order valence-corrected chi connectivity index (χ0v) is 8.68. The maximum Gasteiger partial charge on any atom is 0.335 e. The van der Waals surface area contributed by atoms with Crippen molar-refractivity contribution in [2.24, 2.45) is 0 Å². The summed E-state index contributed by atoms with van der Waals surface area (Å²) in [5.74, 6) is -1.20. The van der Waals surface area contributed by atoms with Crippen LogP contribution in [-0.2, 0) is 0 Å². The molecule has 17 heavy (non-hydrogen) atoms. The molecular weight excluding hydrogens is 218 g/mol. The first-order chi connectivity index (χ1) is 8.18. The van der Waals surface area contributed by atoms with E-state index in [9.17, 15) is 9.59 Å². The molecule has 0 saturated heterocycles. The van der Waals surface area contributed by atoms with E-state index in [1.54, 1.807) is 24.4 Å². The highest BCUT2D eigenvalue weighted by atomic mass is 16.4. The highest BCUT2D eigenvalue weighted by Gasteiger charge is 2.28. The van der Waals surface area contributed by atoms with Gasteiger partial charge in [0.25, 0.3) is 0 Å². The van der Waals surface area contributed by atoms with Gasteiger partial charge in [0.05, 0.1) is 11.3 Å². The Balaban J connectivity index is 2.28. The molecule has 4 heteroatoms. The molecule has 0 amide bonds. The number of carboxylic acid groups (broad SMARTS) is 1. The number of carbonyl (C=O) groups excluding carboxylic acids is 1. The number of fused-ring (bicyclic) bond motifs is 3. The normalized spacial score (nSPS) is 12.1. The minimum atomic E-state index is -1.04. The molecule has 1 heterocycles. The lowest BCUT2D eigenvalue weighted by molar-refractivity contribution is 0.0697. The van der Waals surface area contributed by atoms with Crippen LogP contribution >= 0.6 is 0 Å². The van der Waals surface area contributed by atoms with E-state index in [0.717, 1.165) is 0 Å². The van der Waals surface area contributed by atoms with Crippen molar-refractivity contribution in [3.05, 3.63) is 53.2 Å². The van der Waals surface area contributed by atoms with Gasteiger partial charge in [-0.3, -0.25) is 9.78 Å². The average Bonchev–Trinajstić information content (AvgIpc) is 2.64. The summed E-state index contributed by atoms with van der Waals surface area (Å²) in [6.45, 7) is 0. The molecule has 1 aliphatic rings. The molecule has 1 N–H and O–H groups in total. The quantitative estimate of drug-likeness (QED) is 0.687. The zero-order valence-electron chi connectivity index (χ0n) is 8.68. The van der Waals surface area contributed by atoms with Crippen LogP contribution in [0.15, 0.2) is 36.5 Å². The monoisotopic (exact) mass is 225 g/mol. The summed E-state index contributed by atoms with van der Waals surface area (Å²) in [6, 6.07) is 7.92. The van der Waals surface area contributed by atoms with E-state index >= 15 is 0 Å². The van der Waals surface area contributed by atoms with Gasteiger partial charge in [0.15, 0.2) is 5.78 Å². The maximum absolute atomic E-state index is 12.0. The Morgan fingerprint density at radius 1 is 1.12 bits per heavy atom. The number of rotatable bonds is 1. The number of carboxylic acids is 1. The summed E-state index contributed by atoms with van der Waals surface area (Å²) in [6.07, 6.45) is 1.62. The molecule has 0 radical (unpaired) electrons. The second-order valence-electron chi connectivity index (χ2n) is 3.79. The van der Waals surface area contributed by atoms with E-state index in [4.69, 9.17) is 5.11 Å². The van der Waals surface area contributed by atoms with Gasteiger partial charge in [-0.05, 0) is 24.3 Å². The minimum Gasteiger partial charge on any atom is -0.478 e. The lowest BCUT2D eigenvalue weighted by Crippen LogP contribution is -2.00. The van der Waals surface area contributed by atoms with Crippen molar-refractivity contribution >= 4 is 11.8 Å². The molecule has 1 aromatic carbocycles. The molecule has 0 bridgehead atoms. The van der Waals surface area contributed by atoms with E-state index in [1.165, 1.54) is 12.1 Å². The Kier molecular flexibility index (Phi) is 1.86. The van der Waals surface area contributed by atoms with Crippen LogP contribution in [0.1, 0.15) is 26.3 Å². The van der Waals surface area contributed by atoms with E-state index < -0.39 is 5.97 Å². The highest BCUT2D eigenvalue weighted by Crippen LogP contribution is 2.34. The smallest absolute Gasteiger partial charge is 0.335 e. The van der Waals surface area contributed by atoms with Gasteiger partial charge in [0.2, 0.25) is 0 Å². The van der Waals surface area contributed by atoms with E-state index in [2.05, 4.69) is 4.98 Å². The fourth-order valence-corrected chi connectivity index (χ4v) is 2.02. The Hall–Kier alpha value is -2.49. The van der Waals surface area contributed by atoms with Gasteiger partial charge in [-0.2, -0.15) is 0 Å². The third kappa shape index (κ3) is 1.27. The van der Waals surface area contributed by atoms with Crippen molar-refractivity contribution in [3.8, 4) is 11.3 Å². The van der Waals surface area contributed by atoms with Crippen LogP contribution in [0, 0.1) is 0 Å². The van der Waals surface area contributed by atoms with Crippen molar-refractivity contribution in [1.82, 2.24) is 4.98 Å².